The van der Waals surface area contributed by atoms with E-state index >= 15 is 0 Å². The summed E-state index contributed by atoms with van der Waals surface area (Å²) in [4.78, 5) is 7.71. The molecule has 4 rings (SSSR count). The molecule has 0 fully saturated rings. The lowest BCUT2D eigenvalue weighted by Crippen LogP contribution is -2.17. The third-order valence-electron chi connectivity index (χ3n) is 5.21. The van der Waals surface area contributed by atoms with Crippen LogP contribution in [0.3, 0.4) is 0 Å². The van der Waals surface area contributed by atoms with E-state index in [-0.39, 0.29) is 18.8 Å². The highest BCUT2D eigenvalue weighted by molar-refractivity contribution is 5.81. The summed E-state index contributed by atoms with van der Waals surface area (Å²) in [6, 6.07) is 10.6. The molecule has 1 unspecified atom stereocenters. The number of aromatic amines is 1. The molecule has 1 atom stereocenters. The highest BCUT2D eigenvalue weighted by atomic mass is 19.4. The highest BCUT2D eigenvalue weighted by Crippen LogP contribution is 2.31. The maximum absolute atomic E-state index is 13.0. The van der Waals surface area contributed by atoms with Crippen LogP contribution in [0.4, 0.5) is 19.1 Å². The number of aromatic nitrogens is 3. The summed E-state index contributed by atoms with van der Waals surface area (Å²) < 4.78 is 46.0. The molecule has 0 spiro atoms. The van der Waals surface area contributed by atoms with Crippen LogP contribution < -0.4 is 11.0 Å². The summed E-state index contributed by atoms with van der Waals surface area (Å²) in [6.45, 7) is 2.05. The summed E-state index contributed by atoms with van der Waals surface area (Å²) in [5.41, 5.74) is 2.05. The van der Waals surface area contributed by atoms with Crippen molar-refractivity contribution in [2.75, 3.05) is 18.5 Å². The van der Waals surface area contributed by atoms with Gasteiger partial charge in [-0.2, -0.15) is 13.2 Å². The number of halogens is 3. The van der Waals surface area contributed by atoms with Crippen molar-refractivity contribution >= 4 is 17.0 Å². The van der Waals surface area contributed by atoms with Gasteiger partial charge in [0.25, 0.3) is 5.68 Å². The molecule has 0 aliphatic carbocycles. The number of aliphatic hydroxyl groups is 1. The normalized spacial score (nSPS) is 12.9. The Balaban J connectivity index is 1.53. The molecule has 0 saturated heterocycles. The third kappa shape index (κ3) is 4.54. The average Bonchev–Trinajstić information content (AvgIpc) is 3.31. The van der Waals surface area contributed by atoms with E-state index in [1.54, 1.807) is 23.8 Å². The molecular weight excluding hydrogens is 423 g/mol. The number of hydrogen-bond donors (Lipinski definition) is 4. The van der Waals surface area contributed by atoms with Gasteiger partial charge in [-0.15, -0.1) is 0 Å². The number of anilines is 1. The molecule has 0 aliphatic heterocycles. The van der Waals surface area contributed by atoms with E-state index in [2.05, 4.69) is 15.3 Å². The molecule has 0 saturated carbocycles. The van der Waals surface area contributed by atoms with Crippen LogP contribution in [-0.4, -0.2) is 32.8 Å². The molecule has 4 N–H and O–H groups in total. The number of aryl methyl sites for hydroxylation is 1. The predicted octanol–water partition coefficient (Wildman–Crippen LogP) is 4.00. The molecule has 0 amide bonds. The van der Waals surface area contributed by atoms with E-state index < -0.39 is 17.7 Å². The van der Waals surface area contributed by atoms with Gasteiger partial charge in [-0.25, -0.2) is 4.98 Å². The minimum Gasteiger partial charge on any atom is -0.429 e. The fourth-order valence-corrected chi connectivity index (χ4v) is 3.60. The maximum atomic E-state index is 13.0. The number of alkyl halides is 3. The first-order valence-corrected chi connectivity index (χ1v) is 9.95. The monoisotopic (exact) mass is 445 g/mol. The number of aliphatic hydroxyl groups excluding tert-OH is 1. The molecule has 2 aromatic heterocycles. The van der Waals surface area contributed by atoms with Crippen LogP contribution in [0.5, 0.6) is 0 Å². The molecule has 32 heavy (non-hydrogen) atoms. The van der Waals surface area contributed by atoms with Crippen molar-refractivity contribution in [1.29, 1.82) is 5.41 Å². The van der Waals surface area contributed by atoms with Crippen LogP contribution >= 0.6 is 0 Å². The van der Waals surface area contributed by atoms with Gasteiger partial charge in [-0.3, -0.25) is 9.98 Å². The van der Waals surface area contributed by atoms with Crippen LogP contribution in [0.2, 0.25) is 0 Å². The highest BCUT2D eigenvalue weighted by Gasteiger charge is 2.31. The van der Waals surface area contributed by atoms with Crippen LogP contribution in [0, 0.1) is 12.3 Å². The quantitative estimate of drug-likeness (QED) is 0.345. The SMILES string of the molecule is Cc1cn(Cc2cccc3[nH]c(NCC(CO)c4cccc(C(F)(F)F)c4)nc23)c(=N)o1. The topological polar surface area (TPSA) is 103 Å². The van der Waals surface area contributed by atoms with E-state index in [0.29, 0.717) is 29.3 Å². The molecule has 2 aromatic carbocycles. The number of para-hydroxylation sites is 1. The van der Waals surface area contributed by atoms with Crippen LogP contribution in [0.15, 0.2) is 53.1 Å². The van der Waals surface area contributed by atoms with Crippen molar-refractivity contribution < 1.29 is 22.7 Å². The lowest BCUT2D eigenvalue weighted by molar-refractivity contribution is -0.137. The Morgan fingerprint density at radius 1 is 1.25 bits per heavy atom. The Morgan fingerprint density at radius 3 is 2.72 bits per heavy atom. The summed E-state index contributed by atoms with van der Waals surface area (Å²) in [7, 11) is 0. The summed E-state index contributed by atoms with van der Waals surface area (Å²) >= 11 is 0. The molecular formula is C22H22F3N5O2. The van der Waals surface area contributed by atoms with E-state index in [0.717, 1.165) is 23.2 Å². The number of H-pyrrole nitrogens is 1. The first-order valence-electron chi connectivity index (χ1n) is 9.95. The fraction of sp³-hybridized carbons (Fsp3) is 0.273. The second-order valence-electron chi connectivity index (χ2n) is 7.56. The average molecular weight is 445 g/mol. The number of rotatable bonds is 7. The minimum atomic E-state index is -4.44. The van der Waals surface area contributed by atoms with Crippen molar-refractivity contribution in [2.45, 2.75) is 25.6 Å². The zero-order chi connectivity index (χ0) is 22.9. The Labute approximate surface area is 181 Å². The largest absolute Gasteiger partial charge is 0.429 e. The van der Waals surface area contributed by atoms with E-state index in [1.807, 2.05) is 18.2 Å². The molecule has 0 bridgehead atoms. The van der Waals surface area contributed by atoms with Gasteiger partial charge in [0, 0.05) is 18.7 Å². The Kier molecular flexibility index (Phi) is 5.79. The smallest absolute Gasteiger partial charge is 0.416 e. The van der Waals surface area contributed by atoms with Gasteiger partial charge in [0.15, 0.2) is 0 Å². The first kappa shape index (κ1) is 21.7. The molecule has 10 heteroatoms. The molecule has 168 valence electrons. The Bertz CT molecular complexity index is 1290. The van der Waals surface area contributed by atoms with Crippen LogP contribution in [0.1, 0.15) is 28.4 Å². The number of fused-ring (bicyclic) bond motifs is 1. The van der Waals surface area contributed by atoms with Crippen molar-refractivity contribution in [3.8, 4) is 0 Å². The van der Waals surface area contributed by atoms with E-state index in [9.17, 15) is 18.3 Å². The number of nitrogens with one attached hydrogen (secondary N) is 3. The number of hydrogen-bond acceptors (Lipinski definition) is 5. The van der Waals surface area contributed by atoms with E-state index in [4.69, 9.17) is 9.83 Å². The number of oxazole rings is 1. The fourth-order valence-electron chi connectivity index (χ4n) is 3.60. The number of benzene rings is 2. The Hall–Kier alpha value is -3.53. The molecule has 4 aromatic rings. The van der Waals surface area contributed by atoms with Crippen molar-refractivity contribution in [1.82, 2.24) is 14.5 Å². The lowest BCUT2D eigenvalue weighted by Gasteiger charge is -2.17. The van der Waals surface area contributed by atoms with Gasteiger partial charge >= 0.3 is 6.18 Å². The van der Waals surface area contributed by atoms with Crippen LogP contribution in [-0.2, 0) is 12.7 Å². The second-order valence-corrected chi connectivity index (χ2v) is 7.56. The number of imidazole rings is 1. The van der Waals surface area contributed by atoms with Crippen molar-refractivity contribution in [2.24, 2.45) is 0 Å². The lowest BCUT2D eigenvalue weighted by atomic mass is 9.98. The first-order chi connectivity index (χ1) is 15.2. The van der Waals surface area contributed by atoms with E-state index in [1.165, 1.54) is 6.07 Å². The zero-order valence-electron chi connectivity index (χ0n) is 17.2. The zero-order valence-corrected chi connectivity index (χ0v) is 17.2. The van der Waals surface area contributed by atoms with Gasteiger partial charge in [-0.1, -0.05) is 30.3 Å². The van der Waals surface area contributed by atoms with Crippen molar-refractivity contribution in [3.05, 3.63) is 76.8 Å². The van der Waals surface area contributed by atoms with Gasteiger partial charge in [0.1, 0.15) is 5.76 Å². The van der Waals surface area contributed by atoms with Crippen molar-refractivity contribution in [3.63, 3.8) is 0 Å². The second kappa shape index (κ2) is 8.54. The minimum absolute atomic E-state index is 0.0419. The third-order valence-corrected chi connectivity index (χ3v) is 5.21. The summed E-state index contributed by atoms with van der Waals surface area (Å²) in [5.74, 6) is 0.536. The van der Waals surface area contributed by atoms with Gasteiger partial charge in [0.05, 0.1) is 29.7 Å². The maximum Gasteiger partial charge on any atom is 0.416 e. The van der Waals surface area contributed by atoms with Crippen LogP contribution in [0.25, 0.3) is 11.0 Å². The Morgan fingerprint density at radius 2 is 2.03 bits per heavy atom. The standard InChI is InChI=1S/C22H22F3N5O2/c1-13-10-30(20(26)32-13)11-15-5-3-7-18-19(15)29-21(28-18)27-9-16(12-31)14-4-2-6-17(8-14)22(23,24)25/h2-8,10,16,26,31H,9,11-12H2,1H3,(H2,27,28,29). The van der Waals surface area contributed by atoms with Gasteiger partial charge in [0.2, 0.25) is 5.95 Å². The summed E-state index contributed by atoms with van der Waals surface area (Å²) in [5, 5.41) is 20.7. The van der Waals surface area contributed by atoms with Gasteiger partial charge in [-0.05, 0) is 30.2 Å². The number of nitrogens with zero attached hydrogens (tertiary/aromatic N) is 2. The molecule has 7 nitrogen and oxygen atoms in total. The predicted molar refractivity (Wildman–Crippen MR) is 112 cm³/mol. The molecule has 0 radical (unpaired) electrons. The molecule has 0 aliphatic rings. The summed E-state index contributed by atoms with van der Waals surface area (Å²) in [6.07, 6.45) is -2.70. The molecule has 2 heterocycles. The van der Waals surface area contributed by atoms with Gasteiger partial charge < -0.3 is 19.8 Å².